The van der Waals surface area contributed by atoms with Gasteiger partial charge in [0.2, 0.25) is 5.91 Å². The van der Waals surface area contributed by atoms with E-state index in [2.05, 4.69) is 63.6 Å². The largest absolute Gasteiger partial charge is 1.00 e. The second kappa shape index (κ2) is 12.4. The minimum atomic E-state index is -0.0635. The minimum absolute atomic E-state index is 0. The summed E-state index contributed by atoms with van der Waals surface area (Å²) in [5.74, 6) is 0.201. The number of likely N-dealkylation sites (tertiary alicyclic amines) is 2. The number of amides is 1. The van der Waals surface area contributed by atoms with Crippen molar-refractivity contribution in [3.05, 3.63) is 71.3 Å². The smallest absolute Gasteiger partial charge is 0.237 e. The predicted molar refractivity (Wildman–Crippen MR) is 126 cm³/mol. The number of carbonyl (C=O) groups is 1. The lowest BCUT2D eigenvalue weighted by atomic mass is 9.84. The van der Waals surface area contributed by atoms with E-state index in [9.17, 15) is 4.79 Å². The van der Waals surface area contributed by atoms with Gasteiger partial charge in [-0.15, -0.1) is 0 Å². The van der Waals surface area contributed by atoms with Crippen LogP contribution in [0.1, 0.15) is 48.8 Å². The second-order valence-corrected chi connectivity index (χ2v) is 9.54. The Morgan fingerprint density at radius 3 is 2.53 bits per heavy atom. The fraction of sp³-hybridized carbons (Fsp3) is 0.519. The van der Waals surface area contributed by atoms with Crippen molar-refractivity contribution in [3.8, 4) is 0 Å². The van der Waals surface area contributed by atoms with Crippen molar-refractivity contribution in [2.75, 3.05) is 32.7 Å². The van der Waals surface area contributed by atoms with Gasteiger partial charge in [0.25, 0.3) is 0 Å². The molecule has 0 saturated carbocycles. The van der Waals surface area contributed by atoms with Crippen LogP contribution in [0.25, 0.3) is 0 Å². The molecule has 1 atom stereocenters. The van der Waals surface area contributed by atoms with Crippen LogP contribution in [0.5, 0.6) is 0 Å². The third kappa shape index (κ3) is 5.95. The van der Waals surface area contributed by atoms with Gasteiger partial charge in [-0.3, -0.25) is 9.69 Å². The molecule has 34 heavy (non-hydrogen) atoms. The molecule has 0 unspecified atom stereocenters. The molecule has 1 N–H and O–H groups in total. The normalized spacial score (nSPS) is 21.5. The van der Waals surface area contributed by atoms with Crippen LogP contribution in [0, 0.1) is 0 Å². The molecule has 3 aliphatic heterocycles. The number of hydrogen-bond acceptors (Lipinski definition) is 4. The third-order valence-corrected chi connectivity index (χ3v) is 7.52. The SMILES string of the molecule is O=C(NCCCN1CCC2(CC1)OCc1ccccc12)[C@H]1CCCN1Cc1ccccc1.[Cl-].[Cl-]. The van der Waals surface area contributed by atoms with E-state index < -0.39 is 0 Å². The number of nitrogens with one attached hydrogen (secondary N) is 1. The van der Waals surface area contributed by atoms with Gasteiger partial charge < -0.3 is 39.8 Å². The summed E-state index contributed by atoms with van der Waals surface area (Å²) in [7, 11) is 0. The van der Waals surface area contributed by atoms with Gasteiger partial charge >= 0.3 is 0 Å². The number of carbonyl (C=O) groups excluding carboxylic acids is 1. The number of rotatable bonds is 7. The van der Waals surface area contributed by atoms with Gasteiger partial charge in [-0.05, 0) is 61.9 Å². The van der Waals surface area contributed by atoms with Gasteiger partial charge in [0.15, 0.2) is 0 Å². The number of halogens is 2. The number of ether oxygens (including phenoxy) is 1. The van der Waals surface area contributed by atoms with Crippen molar-refractivity contribution >= 4 is 5.91 Å². The lowest BCUT2D eigenvalue weighted by Gasteiger charge is -2.39. The first kappa shape index (κ1) is 27.0. The van der Waals surface area contributed by atoms with E-state index in [0.717, 1.165) is 78.0 Å². The molecule has 2 saturated heterocycles. The topological polar surface area (TPSA) is 44.8 Å². The Morgan fingerprint density at radius 1 is 1.00 bits per heavy atom. The zero-order chi connectivity index (χ0) is 21.8. The molecule has 0 aliphatic carbocycles. The van der Waals surface area contributed by atoms with Crippen molar-refractivity contribution in [3.63, 3.8) is 0 Å². The van der Waals surface area contributed by atoms with Crippen LogP contribution < -0.4 is 30.1 Å². The fourth-order valence-electron chi connectivity index (χ4n) is 5.70. The lowest BCUT2D eigenvalue weighted by Crippen LogP contribution is -3.00. The molecule has 2 aromatic carbocycles. The summed E-state index contributed by atoms with van der Waals surface area (Å²) in [5.41, 5.74) is 3.98. The number of hydrogen-bond donors (Lipinski definition) is 1. The van der Waals surface area contributed by atoms with Crippen LogP contribution in [0.4, 0.5) is 0 Å². The molecule has 5 nitrogen and oxygen atoms in total. The van der Waals surface area contributed by atoms with Gasteiger partial charge in [-0.2, -0.15) is 0 Å². The Bertz CT molecular complexity index is 919. The molecule has 3 heterocycles. The van der Waals surface area contributed by atoms with E-state index in [1.54, 1.807) is 0 Å². The highest BCUT2D eigenvalue weighted by molar-refractivity contribution is 5.82. The van der Waals surface area contributed by atoms with Crippen LogP contribution in [0.15, 0.2) is 54.6 Å². The van der Waals surface area contributed by atoms with Crippen molar-refractivity contribution in [1.29, 1.82) is 0 Å². The van der Waals surface area contributed by atoms with Gasteiger partial charge in [-0.25, -0.2) is 0 Å². The molecule has 2 aromatic rings. The number of nitrogens with zero attached hydrogens (tertiary/aromatic N) is 2. The average molecular weight is 505 g/mol. The highest BCUT2D eigenvalue weighted by Gasteiger charge is 2.42. The van der Waals surface area contributed by atoms with E-state index >= 15 is 0 Å². The summed E-state index contributed by atoms with van der Waals surface area (Å²) in [6.07, 6.45) is 5.20. The first-order valence-electron chi connectivity index (χ1n) is 12.2. The van der Waals surface area contributed by atoms with E-state index in [1.807, 2.05) is 6.07 Å². The molecule has 1 amide bonds. The summed E-state index contributed by atoms with van der Waals surface area (Å²) in [5, 5.41) is 3.21. The molecule has 5 rings (SSSR count). The molecule has 186 valence electrons. The minimum Gasteiger partial charge on any atom is -1.00 e. The molecular weight excluding hydrogens is 469 g/mol. The molecule has 0 radical (unpaired) electrons. The molecule has 7 heteroatoms. The lowest BCUT2D eigenvalue weighted by molar-refractivity contribution is -0.125. The van der Waals surface area contributed by atoms with Gasteiger partial charge in [0.1, 0.15) is 0 Å². The Labute approximate surface area is 216 Å². The zero-order valence-electron chi connectivity index (χ0n) is 19.7. The van der Waals surface area contributed by atoms with Crippen LogP contribution in [-0.4, -0.2) is 54.5 Å². The van der Waals surface area contributed by atoms with Crippen LogP contribution in [0.2, 0.25) is 0 Å². The Balaban J connectivity index is 0.00000162. The maximum Gasteiger partial charge on any atom is 0.237 e. The molecule has 2 fully saturated rings. The quantitative estimate of drug-likeness (QED) is 0.431. The first-order chi connectivity index (χ1) is 15.7. The van der Waals surface area contributed by atoms with E-state index in [-0.39, 0.29) is 42.4 Å². The standard InChI is InChI=1S/C27H35N3O2.2ClH/c31-26(25-12-6-17-30(25)20-22-8-2-1-3-9-22)28-15-7-16-29-18-13-27(14-19-29)24-11-5-4-10-23(24)21-32-27;;/h1-5,8-11,25H,6-7,12-21H2,(H,28,31);2*1H/p-2/t25-;;/m1../s1. The van der Waals surface area contributed by atoms with E-state index in [0.29, 0.717) is 0 Å². The van der Waals surface area contributed by atoms with Crippen LogP contribution in [0.3, 0.4) is 0 Å². The molecular formula is C27H35Cl2N3O2-2. The third-order valence-electron chi connectivity index (χ3n) is 7.52. The highest BCUT2D eigenvalue weighted by atomic mass is 35.5. The Morgan fingerprint density at radius 2 is 1.74 bits per heavy atom. The molecule has 0 aromatic heterocycles. The van der Waals surface area contributed by atoms with Gasteiger partial charge in [0, 0.05) is 26.2 Å². The van der Waals surface area contributed by atoms with Gasteiger partial charge in [-0.1, -0.05) is 54.6 Å². The Hall–Kier alpha value is -1.63. The summed E-state index contributed by atoms with van der Waals surface area (Å²) >= 11 is 0. The van der Waals surface area contributed by atoms with Crippen LogP contribution >= 0.6 is 0 Å². The predicted octanol–water partition coefficient (Wildman–Crippen LogP) is -2.31. The van der Waals surface area contributed by atoms with Crippen LogP contribution in [-0.2, 0) is 28.3 Å². The maximum absolute atomic E-state index is 12.8. The monoisotopic (exact) mass is 503 g/mol. The zero-order valence-corrected chi connectivity index (χ0v) is 21.2. The van der Waals surface area contributed by atoms with Crippen molar-refractivity contribution in [1.82, 2.24) is 15.1 Å². The second-order valence-electron chi connectivity index (χ2n) is 9.54. The molecule has 0 bridgehead atoms. The van der Waals surface area contributed by atoms with Gasteiger partial charge in [0.05, 0.1) is 18.2 Å². The van der Waals surface area contributed by atoms with Crippen molar-refractivity contribution < 1.29 is 34.3 Å². The first-order valence-corrected chi connectivity index (χ1v) is 12.2. The fourth-order valence-corrected chi connectivity index (χ4v) is 5.70. The summed E-state index contributed by atoms with van der Waals surface area (Å²) in [4.78, 5) is 17.7. The maximum atomic E-state index is 12.8. The van der Waals surface area contributed by atoms with E-state index in [1.165, 1.54) is 16.7 Å². The highest BCUT2D eigenvalue weighted by Crippen LogP contribution is 2.43. The van der Waals surface area contributed by atoms with Crippen molar-refractivity contribution in [2.24, 2.45) is 0 Å². The summed E-state index contributed by atoms with van der Waals surface area (Å²) in [6.45, 7) is 6.55. The van der Waals surface area contributed by atoms with Crippen molar-refractivity contribution in [2.45, 2.75) is 56.9 Å². The number of piperidine rings is 1. The summed E-state index contributed by atoms with van der Waals surface area (Å²) < 4.78 is 6.28. The molecule has 3 aliphatic rings. The number of benzene rings is 2. The molecule has 1 spiro atoms. The van der Waals surface area contributed by atoms with E-state index in [4.69, 9.17) is 4.74 Å². The Kier molecular flexibility index (Phi) is 9.81. The number of fused-ring (bicyclic) bond motifs is 2. The summed E-state index contributed by atoms with van der Waals surface area (Å²) in [6, 6.07) is 19.2. The average Bonchev–Trinajstić information content (AvgIpc) is 3.44.